The zero-order valence-electron chi connectivity index (χ0n) is 13.6. The molecule has 3 rings (SSSR count). The van der Waals surface area contributed by atoms with Gasteiger partial charge in [-0.15, -0.1) is 0 Å². The smallest absolute Gasteiger partial charge is 0.252 e. The molecule has 6 heteroatoms. The number of rotatable bonds is 5. The fraction of sp³-hybridized carbons (Fsp3) is 0.471. The Labute approximate surface area is 136 Å². The van der Waals surface area contributed by atoms with Crippen molar-refractivity contribution < 1.29 is 4.79 Å². The van der Waals surface area contributed by atoms with Gasteiger partial charge in [0.15, 0.2) is 0 Å². The highest BCUT2D eigenvalue weighted by atomic mass is 16.1. The van der Waals surface area contributed by atoms with Crippen molar-refractivity contribution in [2.75, 3.05) is 13.1 Å². The Morgan fingerprint density at radius 1 is 1.39 bits per heavy atom. The van der Waals surface area contributed by atoms with Crippen molar-refractivity contribution in [3.63, 3.8) is 0 Å². The highest BCUT2D eigenvalue weighted by Gasteiger charge is 2.26. The summed E-state index contributed by atoms with van der Waals surface area (Å²) in [6.45, 7) is 6.97. The normalized spacial score (nSPS) is 18.0. The molecule has 1 N–H and O–H groups in total. The Kier molecular flexibility index (Phi) is 4.71. The molecular formula is C17H23N5O. The molecule has 1 atom stereocenters. The van der Waals surface area contributed by atoms with Crippen LogP contribution in [0.1, 0.15) is 42.4 Å². The van der Waals surface area contributed by atoms with Gasteiger partial charge in [-0.2, -0.15) is 5.10 Å². The lowest BCUT2D eigenvalue weighted by molar-refractivity contribution is 0.0943. The second kappa shape index (κ2) is 6.91. The second-order valence-electron chi connectivity index (χ2n) is 6.23. The SMILES string of the molecule is CC(C)N1Cc2ccnn2[C@H](CCNC(=O)c2cccnc2)C1. The van der Waals surface area contributed by atoms with Gasteiger partial charge in [0.05, 0.1) is 17.3 Å². The van der Waals surface area contributed by atoms with E-state index in [-0.39, 0.29) is 5.91 Å². The van der Waals surface area contributed by atoms with Crippen molar-refractivity contribution >= 4 is 5.91 Å². The van der Waals surface area contributed by atoms with Gasteiger partial charge in [-0.1, -0.05) is 0 Å². The summed E-state index contributed by atoms with van der Waals surface area (Å²) in [6, 6.07) is 6.42. The molecule has 0 radical (unpaired) electrons. The van der Waals surface area contributed by atoms with Crippen LogP contribution in [0, 0.1) is 0 Å². The van der Waals surface area contributed by atoms with E-state index in [0.717, 1.165) is 19.5 Å². The highest BCUT2D eigenvalue weighted by Crippen LogP contribution is 2.23. The minimum atomic E-state index is -0.0738. The van der Waals surface area contributed by atoms with E-state index >= 15 is 0 Å². The van der Waals surface area contributed by atoms with E-state index in [9.17, 15) is 4.79 Å². The summed E-state index contributed by atoms with van der Waals surface area (Å²) in [5.41, 5.74) is 1.84. The van der Waals surface area contributed by atoms with Gasteiger partial charge in [0.2, 0.25) is 0 Å². The lowest BCUT2D eigenvalue weighted by Gasteiger charge is -2.36. The molecule has 2 aromatic rings. The van der Waals surface area contributed by atoms with Crippen LogP contribution in [-0.4, -0.2) is 44.7 Å². The molecule has 0 aromatic carbocycles. The third-order valence-corrected chi connectivity index (χ3v) is 4.33. The first-order chi connectivity index (χ1) is 11.1. The maximum absolute atomic E-state index is 12.1. The van der Waals surface area contributed by atoms with Crippen LogP contribution in [0.4, 0.5) is 0 Å². The minimum Gasteiger partial charge on any atom is -0.352 e. The average molecular weight is 313 g/mol. The molecule has 0 unspecified atom stereocenters. The van der Waals surface area contributed by atoms with Crippen LogP contribution in [-0.2, 0) is 6.54 Å². The van der Waals surface area contributed by atoms with Gasteiger partial charge in [-0.05, 0) is 38.5 Å². The summed E-state index contributed by atoms with van der Waals surface area (Å²) in [4.78, 5) is 18.5. The lowest BCUT2D eigenvalue weighted by Crippen LogP contribution is -2.42. The predicted octanol–water partition coefficient (Wildman–Crippen LogP) is 1.86. The molecule has 0 aliphatic carbocycles. The number of hydrogen-bond donors (Lipinski definition) is 1. The number of carbonyl (C=O) groups excluding carboxylic acids is 1. The third kappa shape index (κ3) is 3.59. The molecule has 0 saturated carbocycles. The molecule has 0 fully saturated rings. The topological polar surface area (TPSA) is 63.1 Å². The van der Waals surface area contributed by atoms with E-state index in [1.807, 2.05) is 6.20 Å². The molecule has 1 amide bonds. The number of pyridine rings is 1. The lowest BCUT2D eigenvalue weighted by atomic mass is 10.1. The van der Waals surface area contributed by atoms with Crippen molar-refractivity contribution in [3.8, 4) is 0 Å². The van der Waals surface area contributed by atoms with Crippen LogP contribution in [0.5, 0.6) is 0 Å². The van der Waals surface area contributed by atoms with Gasteiger partial charge in [0.25, 0.3) is 5.91 Å². The van der Waals surface area contributed by atoms with Crippen molar-refractivity contribution in [2.45, 2.75) is 38.9 Å². The number of fused-ring (bicyclic) bond motifs is 1. The van der Waals surface area contributed by atoms with E-state index in [2.05, 4.69) is 44.9 Å². The molecule has 1 aliphatic heterocycles. The molecule has 23 heavy (non-hydrogen) atoms. The van der Waals surface area contributed by atoms with E-state index in [0.29, 0.717) is 24.2 Å². The number of nitrogens with one attached hydrogen (secondary N) is 1. The first kappa shape index (κ1) is 15.7. The minimum absolute atomic E-state index is 0.0738. The maximum Gasteiger partial charge on any atom is 0.252 e. The Morgan fingerprint density at radius 3 is 3.00 bits per heavy atom. The summed E-state index contributed by atoms with van der Waals surface area (Å²) in [5.74, 6) is -0.0738. The third-order valence-electron chi connectivity index (χ3n) is 4.33. The van der Waals surface area contributed by atoms with Crippen molar-refractivity contribution in [3.05, 3.63) is 48.0 Å². The van der Waals surface area contributed by atoms with E-state index < -0.39 is 0 Å². The molecular weight excluding hydrogens is 290 g/mol. The summed E-state index contributed by atoms with van der Waals surface area (Å²) in [5, 5.41) is 7.43. The Bertz CT molecular complexity index is 652. The van der Waals surface area contributed by atoms with Crippen molar-refractivity contribution in [1.82, 2.24) is 25.0 Å². The highest BCUT2D eigenvalue weighted by molar-refractivity contribution is 5.93. The Hall–Kier alpha value is -2.21. The van der Waals surface area contributed by atoms with Crippen LogP contribution in [0.3, 0.4) is 0 Å². The molecule has 0 bridgehead atoms. The standard InChI is InChI=1S/C17H23N5O/c1-13(2)21-11-15(22-16(12-21)6-9-20-22)5-8-19-17(23)14-4-3-7-18-10-14/h3-4,6-7,9-10,13,15H,5,8,11-12H2,1-2H3,(H,19,23)/t15-/m1/s1. The fourth-order valence-electron chi connectivity index (χ4n) is 2.97. The van der Waals surface area contributed by atoms with Gasteiger partial charge in [0.1, 0.15) is 0 Å². The first-order valence-electron chi connectivity index (χ1n) is 8.10. The number of aromatic nitrogens is 3. The van der Waals surface area contributed by atoms with Crippen LogP contribution in [0.25, 0.3) is 0 Å². The molecule has 3 heterocycles. The van der Waals surface area contributed by atoms with Crippen LogP contribution in [0.15, 0.2) is 36.8 Å². The summed E-state index contributed by atoms with van der Waals surface area (Å²) in [7, 11) is 0. The van der Waals surface area contributed by atoms with Gasteiger partial charge >= 0.3 is 0 Å². The number of amides is 1. The number of hydrogen-bond acceptors (Lipinski definition) is 4. The molecule has 1 aliphatic rings. The van der Waals surface area contributed by atoms with Crippen LogP contribution < -0.4 is 5.32 Å². The second-order valence-corrected chi connectivity index (χ2v) is 6.23. The van der Waals surface area contributed by atoms with Gasteiger partial charge < -0.3 is 5.32 Å². The van der Waals surface area contributed by atoms with Gasteiger partial charge in [0, 0.05) is 44.3 Å². The first-order valence-corrected chi connectivity index (χ1v) is 8.10. The van der Waals surface area contributed by atoms with Gasteiger partial charge in [-0.25, -0.2) is 0 Å². The fourth-order valence-corrected chi connectivity index (χ4v) is 2.97. The van der Waals surface area contributed by atoms with E-state index in [4.69, 9.17) is 0 Å². The average Bonchev–Trinajstić information content (AvgIpc) is 3.04. The Morgan fingerprint density at radius 2 is 2.26 bits per heavy atom. The maximum atomic E-state index is 12.1. The molecule has 6 nitrogen and oxygen atoms in total. The molecule has 0 saturated heterocycles. The number of carbonyl (C=O) groups is 1. The summed E-state index contributed by atoms with van der Waals surface area (Å²) < 4.78 is 2.11. The predicted molar refractivity (Wildman–Crippen MR) is 88.0 cm³/mol. The number of nitrogens with zero attached hydrogens (tertiary/aromatic N) is 4. The van der Waals surface area contributed by atoms with E-state index in [1.54, 1.807) is 24.5 Å². The summed E-state index contributed by atoms with van der Waals surface area (Å²) >= 11 is 0. The molecule has 122 valence electrons. The largest absolute Gasteiger partial charge is 0.352 e. The van der Waals surface area contributed by atoms with Crippen molar-refractivity contribution in [1.29, 1.82) is 0 Å². The van der Waals surface area contributed by atoms with Gasteiger partial charge in [-0.3, -0.25) is 19.4 Å². The molecule has 0 spiro atoms. The zero-order valence-corrected chi connectivity index (χ0v) is 13.6. The van der Waals surface area contributed by atoms with E-state index in [1.165, 1.54) is 5.69 Å². The monoisotopic (exact) mass is 313 g/mol. The Balaban J connectivity index is 1.59. The van der Waals surface area contributed by atoms with Crippen molar-refractivity contribution in [2.24, 2.45) is 0 Å². The summed E-state index contributed by atoms with van der Waals surface area (Å²) in [6.07, 6.45) is 5.98. The quantitative estimate of drug-likeness (QED) is 0.915. The zero-order chi connectivity index (χ0) is 16.2. The van der Waals surface area contributed by atoms with Crippen LogP contribution in [0.2, 0.25) is 0 Å². The van der Waals surface area contributed by atoms with Crippen LogP contribution >= 0.6 is 0 Å². The molecule has 2 aromatic heterocycles.